The summed E-state index contributed by atoms with van der Waals surface area (Å²) in [4.78, 5) is 0. The van der Waals surface area contributed by atoms with Crippen LogP contribution >= 0.6 is 0 Å². The predicted molar refractivity (Wildman–Crippen MR) is 81.9 cm³/mol. The molecule has 0 aromatic heterocycles. The zero-order chi connectivity index (χ0) is 13.4. The van der Waals surface area contributed by atoms with E-state index in [2.05, 4.69) is 33.0 Å². The van der Waals surface area contributed by atoms with E-state index in [0.29, 0.717) is 0 Å². The van der Waals surface area contributed by atoms with Crippen molar-refractivity contribution in [2.75, 3.05) is 6.54 Å². The minimum Gasteiger partial charge on any atom is -0.314 e. The molecule has 0 aromatic carbocycles. The molecule has 1 unspecified atom stereocenters. The van der Waals surface area contributed by atoms with E-state index in [1.807, 2.05) is 0 Å². The van der Waals surface area contributed by atoms with Gasteiger partial charge in [0.2, 0.25) is 0 Å². The van der Waals surface area contributed by atoms with Crippen molar-refractivity contribution in [3.63, 3.8) is 0 Å². The van der Waals surface area contributed by atoms with Crippen molar-refractivity contribution in [1.29, 1.82) is 0 Å². The molecule has 1 N–H and O–H groups in total. The van der Waals surface area contributed by atoms with Gasteiger partial charge in [-0.05, 0) is 50.0 Å². The normalized spacial score (nSPS) is 26.5. The molecule has 0 saturated heterocycles. The van der Waals surface area contributed by atoms with E-state index >= 15 is 0 Å². The summed E-state index contributed by atoms with van der Waals surface area (Å²) in [6.45, 7) is 10.6. The van der Waals surface area contributed by atoms with E-state index in [9.17, 15) is 0 Å². The lowest BCUT2D eigenvalue weighted by Crippen LogP contribution is -2.39. The Hall–Kier alpha value is -0.0400. The molecule has 1 aliphatic rings. The van der Waals surface area contributed by atoms with Crippen LogP contribution in [-0.2, 0) is 0 Å². The Morgan fingerprint density at radius 3 is 2.11 bits per heavy atom. The molecule has 0 bridgehead atoms. The number of nitrogens with one attached hydrogen (secondary N) is 1. The molecule has 0 heterocycles. The lowest BCUT2D eigenvalue weighted by Gasteiger charge is -2.35. The van der Waals surface area contributed by atoms with Crippen LogP contribution in [0.4, 0.5) is 0 Å². The fourth-order valence-electron chi connectivity index (χ4n) is 3.44. The first-order valence-corrected chi connectivity index (χ1v) is 8.44. The van der Waals surface area contributed by atoms with Gasteiger partial charge >= 0.3 is 0 Å². The first-order chi connectivity index (χ1) is 8.71. The fourth-order valence-corrected chi connectivity index (χ4v) is 3.44. The molecule has 1 saturated carbocycles. The second-order valence-corrected chi connectivity index (χ2v) is 6.50. The van der Waals surface area contributed by atoms with Crippen molar-refractivity contribution in [2.24, 2.45) is 17.8 Å². The van der Waals surface area contributed by atoms with Crippen LogP contribution in [0.3, 0.4) is 0 Å². The van der Waals surface area contributed by atoms with Gasteiger partial charge in [0, 0.05) is 6.04 Å². The minimum atomic E-state index is 0.794. The van der Waals surface area contributed by atoms with Crippen LogP contribution in [0, 0.1) is 17.8 Å². The van der Waals surface area contributed by atoms with Gasteiger partial charge in [0.05, 0.1) is 0 Å². The molecule has 0 radical (unpaired) electrons. The Balaban J connectivity index is 2.48. The van der Waals surface area contributed by atoms with Gasteiger partial charge in [-0.25, -0.2) is 0 Å². The van der Waals surface area contributed by atoms with E-state index in [1.165, 1.54) is 57.9 Å². The number of hydrogen-bond acceptors (Lipinski definition) is 1. The SMILES string of the molecule is CCCNC(CC(CC)CC)C1CCC(C)CC1. The van der Waals surface area contributed by atoms with Crippen LogP contribution < -0.4 is 5.32 Å². The average molecular weight is 253 g/mol. The summed E-state index contributed by atoms with van der Waals surface area (Å²) in [5, 5.41) is 3.85. The van der Waals surface area contributed by atoms with Crippen LogP contribution in [-0.4, -0.2) is 12.6 Å². The monoisotopic (exact) mass is 253 g/mol. The second-order valence-electron chi connectivity index (χ2n) is 6.50. The fraction of sp³-hybridized carbons (Fsp3) is 1.00. The van der Waals surface area contributed by atoms with Crippen LogP contribution in [0.25, 0.3) is 0 Å². The summed E-state index contributed by atoms with van der Waals surface area (Å²) in [5.41, 5.74) is 0. The van der Waals surface area contributed by atoms with Gasteiger partial charge in [-0.15, -0.1) is 0 Å². The van der Waals surface area contributed by atoms with E-state index in [1.54, 1.807) is 0 Å². The van der Waals surface area contributed by atoms with Crippen LogP contribution in [0.5, 0.6) is 0 Å². The van der Waals surface area contributed by atoms with Crippen molar-refractivity contribution in [3.05, 3.63) is 0 Å². The lowest BCUT2D eigenvalue weighted by atomic mass is 9.76. The molecule has 1 atom stereocenters. The van der Waals surface area contributed by atoms with E-state index in [0.717, 1.165) is 23.8 Å². The van der Waals surface area contributed by atoms with Gasteiger partial charge < -0.3 is 5.32 Å². The topological polar surface area (TPSA) is 12.0 Å². The van der Waals surface area contributed by atoms with E-state index in [4.69, 9.17) is 0 Å². The largest absolute Gasteiger partial charge is 0.314 e. The molecule has 1 nitrogen and oxygen atoms in total. The number of hydrogen-bond donors (Lipinski definition) is 1. The summed E-state index contributed by atoms with van der Waals surface area (Å²) >= 11 is 0. The van der Waals surface area contributed by atoms with Crippen LogP contribution in [0.1, 0.15) is 79.1 Å². The van der Waals surface area contributed by atoms with E-state index < -0.39 is 0 Å². The highest BCUT2D eigenvalue weighted by Gasteiger charge is 2.26. The van der Waals surface area contributed by atoms with Gasteiger partial charge in [0.25, 0.3) is 0 Å². The third-order valence-electron chi connectivity index (χ3n) is 5.03. The second kappa shape index (κ2) is 8.96. The van der Waals surface area contributed by atoms with E-state index in [-0.39, 0.29) is 0 Å². The highest BCUT2D eigenvalue weighted by Crippen LogP contribution is 2.33. The first-order valence-electron chi connectivity index (χ1n) is 8.44. The third kappa shape index (κ3) is 5.30. The minimum absolute atomic E-state index is 0.794. The zero-order valence-electron chi connectivity index (χ0n) is 13.2. The Labute approximate surface area is 115 Å². The highest BCUT2D eigenvalue weighted by atomic mass is 14.9. The molecule has 1 rings (SSSR count). The smallest absolute Gasteiger partial charge is 0.00979 e. The summed E-state index contributed by atoms with van der Waals surface area (Å²) in [7, 11) is 0. The summed E-state index contributed by atoms with van der Waals surface area (Å²) in [6, 6.07) is 0.794. The van der Waals surface area contributed by atoms with Crippen molar-refractivity contribution in [1.82, 2.24) is 5.32 Å². The molecule has 1 aliphatic carbocycles. The van der Waals surface area contributed by atoms with Crippen LogP contribution in [0.2, 0.25) is 0 Å². The molecule has 0 aromatic rings. The van der Waals surface area contributed by atoms with Gasteiger partial charge in [0.15, 0.2) is 0 Å². The lowest BCUT2D eigenvalue weighted by molar-refractivity contribution is 0.202. The molecule has 108 valence electrons. The maximum atomic E-state index is 3.85. The number of rotatable bonds is 8. The summed E-state index contributed by atoms with van der Waals surface area (Å²) < 4.78 is 0. The van der Waals surface area contributed by atoms with Crippen molar-refractivity contribution >= 4 is 0 Å². The third-order valence-corrected chi connectivity index (χ3v) is 5.03. The molecule has 0 amide bonds. The van der Waals surface area contributed by atoms with Crippen LogP contribution in [0.15, 0.2) is 0 Å². The first kappa shape index (κ1) is 16.0. The Morgan fingerprint density at radius 2 is 1.61 bits per heavy atom. The zero-order valence-corrected chi connectivity index (χ0v) is 13.2. The van der Waals surface area contributed by atoms with Gasteiger partial charge in [-0.2, -0.15) is 0 Å². The molecular formula is C17H35N. The predicted octanol–water partition coefficient (Wildman–Crippen LogP) is 5.01. The van der Waals surface area contributed by atoms with Gasteiger partial charge in [-0.1, -0.05) is 53.4 Å². The highest BCUT2D eigenvalue weighted by molar-refractivity contribution is 4.82. The van der Waals surface area contributed by atoms with Crippen molar-refractivity contribution in [2.45, 2.75) is 85.1 Å². The Kier molecular flexibility index (Phi) is 7.97. The molecule has 0 spiro atoms. The summed E-state index contributed by atoms with van der Waals surface area (Å²) in [5.74, 6) is 2.85. The molecule has 1 fully saturated rings. The molecule has 0 aliphatic heterocycles. The van der Waals surface area contributed by atoms with Gasteiger partial charge in [-0.3, -0.25) is 0 Å². The maximum Gasteiger partial charge on any atom is 0.00979 e. The standard InChI is InChI=1S/C17H35N/c1-5-12-18-17(13-15(6-2)7-3)16-10-8-14(4)9-11-16/h14-18H,5-13H2,1-4H3. The maximum absolute atomic E-state index is 3.85. The van der Waals surface area contributed by atoms with Gasteiger partial charge in [0.1, 0.15) is 0 Å². The quantitative estimate of drug-likeness (QED) is 0.641. The Bertz CT molecular complexity index is 190. The molecule has 18 heavy (non-hydrogen) atoms. The molecule has 1 heteroatoms. The average Bonchev–Trinajstić information content (AvgIpc) is 2.40. The summed E-state index contributed by atoms with van der Waals surface area (Å²) in [6.07, 6.45) is 11.2. The Morgan fingerprint density at radius 1 is 1.00 bits per heavy atom. The van der Waals surface area contributed by atoms with Crippen molar-refractivity contribution in [3.8, 4) is 0 Å². The molecular weight excluding hydrogens is 218 g/mol. The van der Waals surface area contributed by atoms with Crippen molar-refractivity contribution < 1.29 is 0 Å².